The van der Waals surface area contributed by atoms with Gasteiger partial charge in [-0.25, -0.2) is 21.6 Å². The fourth-order valence-electron chi connectivity index (χ4n) is 11.8. The van der Waals surface area contributed by atoms with Crippen LogP contribution in [0.4, 0.5) is 0 Å². The van der Waals surface area contributed by atoms with E-state index in [9.17, 15) is 45.6 Å². The molecule has 0 aliphatic heterocycles. The van der Waals surface area contributed by atoms with Crippen LogP contribution in [0.5, 0.6) is 0 Å². The first kappa shape index (κ1) is 76.3. The second-order valence-electron chi connectivity index (χ2n) is 28.1. The number of nitrogens with zero attached hydrogens (tertiary/aromatic N) is 2. The molecule has 3 aromatic carbocycles. The maximum atomic E-state index is 14.1. The van der Waals surface area contributed by atoms with Crippen molar-refractivity contribution in [1.82, 2.24) is 40.5 Å². The summed E-state index contributed by atoms with van der Waals surface area (Å²) in [5.74, 6) is -3.46. The maximum absolute atomic E-state index is 14.1. The van der Waals surface area contributed by atoms with Gasteiger partial charge < -0.3 is 31.1 Å². The molecule has 0 aromatic heterocycles. The van der Waals surface area contributed by atoms with Crippen LogP contribution in [0.2, 0.25) is 0 Å². The molecule has 1 fully saturated rings. The molecule has 7 atom stereocenters. The molecule has 1 aliphatic carbocycles. The summed E-state index contributed by atoms with van der Waals surface area (Å²) in [5, 5.41) is 12.5. The Balaban J connectivity index is 0.000000460. The van der Waals surface area contributed by atoms with Gasteiger partial charge in [-0.05, 0) is 91.0 Å². The summed E-state index contributed by atoms with van der Waals surface area (Å²) in [4.78, 5) is 84.8. The Bertz CT molecular complexity index is 3030. The van der Waals surface area contributed by atoms with Crippen LogP contribution in [0.15, 0.2) is 103 Å². The van der Waals surface area contributed by atoms with Crippen LogP contribution in [0.3, 0.4) is 0 Å². The van der Waals surface area contributed by atoms with Crippen molar-refractivity contribution in [2.24, 2.45) is 39.9 Å². The van der Waals surface area contributed by atoms with E-state index in [1.54, 1.807) is 112 Å². The minimum atomic E-state index is -3.92. The molecular formula is C68H108N8O10S2. The second-order valence-corrected chi connectivity index (χ2v) is 31.6. The first-order valence-electron chi connectivity index (χ1n) is 31.0. The lowest BCUT2D eigenvalue weighted by atomic mass is 9.66. The average molecular weight is 1260 g/mol. The number of nitrogens with one attached hydrogen (secondary N) is 6. The third-order valence-electron chi connectivity index (χ3n) is 17.4. The minimum Gasteiger partial charge on any atom is -0.342 e. The predicted octanol–water partition coefficient (Wildman–Crippen LogP) is 9.03. The monoisotopic (exact) mass is 1260 g/mol. The summed E-state index contributed by atoms with van der Waals surface area (Å²) in [6.45, 7) is 30.7. The number of benzene rings is 3. The largest absolute Gasteiger partial charge is 0.342 e. The van der Waals surface area contributed by atoms with Gasteiger partial charge in [0.1, 0.15) is 12.1 Å². The molecule has 0 spiro atoms. The normalized spacial score (nSPS) is 16.3. The van der Waals surface area contributed by atoms with E-state index in [-0.39, 0.29) is 70.4 Å². The number of rotatable bonds is 27. The smallest absolute Gasteiger partial charge is 0.260 e. The van der Waals surface area contributed by atoms with E-state index in [1.807, 2.05) is 113 Å². The lowest BCUT2D eigenvalue weighted by Crippen LogP contribution is -2.61. The van der Waals surface area contributed by atoms with Crippen molar-refractivity contribution in [3.05, 3.63) is 119 Å². The fourth-order valence-corrected chi connectivity index (χ4v) is 14.2. The van der Waals surface area contributed by atoms with Gasteiger partial charge in [-0.3, -0.25) is 33.5 Å². The average Bonchev–Trinajstić information content (AvgIpc) is 2.99. The van der Waals surface area contributed by atoms with E-state index in [2.05, 4.69) is 44.6 Å². The summed E-state index contributed by atoms with van der Waals surface area (Å²) in [6, 6.07) is 23.4. The highest BCUT2D eigenvalue weighted by Crippen LogP contribution is 2.41. The molecule has 18 nitrogen and oxygen atoms in total. The summed E-state index contributed by atoms with van der Waals surface area (Å²) >= 11 is 0. The third-order valence-corrected chi connectivity index (χ3v) is 19.8. The summed E-state index contributed by atoms with van der Waals surface area (Å²) in [5.41, 5.74) is 0.228. The van der Waals surface area contributed by atoms with Gasteiger partial charge in [-0.1, -0.05) is 220 Å². The molecule has 0 saturated heterocycles. The number of carbonyl (C=O) groups is 6. The number of hydrogen-bond donors (Lipinski definition) is 6. The van der Waals surface area contributed by atoms with Gasteiger partial charge in [0.15, 0.2) is 0 Å². The predicted molar refractivity (Wildman–Crippen MR) is 353 cm³/mol. The fraction of sp³-hybridized carbons (Fsp3) is 0.618. The van der Waals surface area contributed by atoms with Gasteiger partial charge in [-0.15, -0.1) is 0 Å². The molecule has 1 saturated carbocycles. The molecular weight excluding hydrogens is 1150 g/mol. The third kappa shape index (κ3) is 22.2. The van der Waals surface area contributed by atoms with Crippen molar-refractivity contribution >= 4 is 55.5 Å². The van der Waals surface area contributed by atoms with Crippen LogP contribution < -0.4 is 30.7 Å². The first-order valence-corrected chi connectivity index (χ1v) is 34.3. The Morgan fingerprint density at radius 1 is 0.545 bits per heavy atom. The summed E-state index contributed by atoms with van der Waals surface area (Å²) in [6.07, 6.45) is 7.61. The molecule has 3 aromatic rings. The van der Waals surface area contributed by atoms with Crippen LogP contribution >= 0.6 is 0 Å². The van der Waals surface area contributed by atoms with Gasteiger partial charge in [0.05, 0.1) is 29.6 Å². The Kier molecular flexibility index (Phi) is 28.3. The number of sulfonamides is 2. The van der Waals surface area contributed by atoms with Crippen LogP contribution in [-0.2, 0) is 65.7 Å². The molecule has 1 unspecified atom stereocenters. The molecule has 6 amide bonds. The Labute approximate surface area is 528 Å². The minimum absolute atomic E-state index is 0.0430. The number of amides is 6. The van der Waals surface area contributed by atoms with E-state index < -0.39 is 84.2 Å². The van der Waals surface area contributed by atoms with Gasteiger partial charge in [0.25, 0.3) is 5.91 Å². The second kappa shape index (κ2) is 32.7. The van der Waals surface area contributed by atoms with E-state index in [1.165, 1.54) is 26.2 Å². The summed E-state index contributed by atoms with van der Waals surface area (Å²) in [7, 11) is -0.953. The molecule has 6 N–H and O–H groups in total. The van der Waals surface area contributed by atoms with Gasteiger partial charge in [-0.2, -0.15) is 0 Å². The van der Waals surface area contributed by atoms with Crippen molar-refractivity contribution < 1.29 is 45.6 Å². The lowest BCUT2D eigenvalue weighted by Gasteiger charge is -2.43. The van der Waals surface area contributed by atoms with Crippen molar-refractivity contribution in [1.29, 1.82) is 0 Å². The van der Waals surface area contributed by atoms with Gasteiger partial charge >= 0.3 is 0 Å². The molecule has 0 bridgehead atoms. The van der Waals surface area contributed by atoms with Crippen molar-refractivity contribution in [2.45, 2.75) is 202 Å². The van der Waals surface area contributed by atoms with Gasteiger partial charge in [0.2, 0.25) is 49.6 Å². The van der Waals surface area contributed by atoms with Crippen LogP contribution in [0.25, 0.3) is 0 Å². The number of carbonyl (C=O) groups excluding carboxylic acids is 6. The molecule has 0 radical (unpaired) electrons. The van der Waals surface area contributed by atoms with E-state index >= 15 is 0 Å². The van der Waals surface area contributed by atoms with Crippen molar-refractivity contribution in [3.63, 3.8) is 0 Å². The highest BCUT2D eigenvalue weighted by molar-refractivity contribution is 7.89. The van der Waals surface area contributed by atoms with E-state index in [0.29, 0.717) is 17.0 Å². The van der Waals surface area contributed by atoms with Crippen molar-refractivity contribution in [3.8, 4) is 0 Å². The molecule has 1 aliphatic rings. The molecule has 0 heterocycles. The Morgan fingerprint density at radius 2 is 0.955 bits per heavy atom. The lowest BCUT2D eigenvalue weighted by molar-refractivity contribution is -0.142. The quantitative estimate of drug-likeness (QED) is 0.0391. The zero-order valence-electron chi connectivity index (χ0n) is 56.5. The van der Waals surface area contributed by atoms with Crippen LogP contribution in [0, 0.1) is 39.9 Å². The zero-order chi connectivity index (χ0) is 66.9. The summed E-state index contributed by atoms with van der Waals surface area (Å²) < 4.78 is 55.0. The number of likely N-dealkylation sites (N-methyl/N-ethyl adjacent to an activating group) is 4. The van der Waals surface area contributed by atoms with Crippen molar-refractivity contribution in [2.75, 3.05) is 28.2 Å². The standard InChI is InChI=1S/C34H56N4O5S.C34H52N4O5S/c2*1-23(2)27(21-24(3)30(39)37-44(42,43)22-25-17-13-11-14-18-25)38(10)32(41)29(33(4,5)6)36-31(40)28(35-9)34(7,8)26-19-15-12-16-20-26/h11,13-14,17-18,21,23,26-29,35H,12,15-16,19-20,22H2,1-10H3,(H,36,40)(H,37,39);11-20,23-24,27-29,35H,21-22H2,1-10H3,(H,36,40)(H,37,39)/b24-21+;/t27-,28-,29-;24?,27-,28-,29-/m11/s1. The Hall–Kier alpha value is -5.96. The van der Waals surface area contributed by atoms with E-state index in [4.69, 9.17) is 0 Å². The highest BCUT2D eigenvalue weighted by Gasteiger charge is 2.45. The maximum Gasteiger partial charge on any atom is 0.260 e. The molecule has 20 heteroatoms. The molecule has 88 heavy (non-hydrogen) atoms. The number of hydrogen-bond acceptors (Lipinski definition) is 12. The van der Waals surface area contributed by atoms with Gasteiger partial charge in [0, 0.05) is 37.0 Å². The molecule has 4 rings (SSSR count). The SMILES string of the molecule is CN[C@H](C(=O)N[C@H](C(=O)N(C)[C@H](/C=C(\C)C(=O)NS(=O)(=O)Cc1ccccc1)C(C)C)C(C)(C)C)C(C)(C)C1CCCCC1.CN[C@H](C(=O)N[C@H](C(=O)N(C)[C@H](CC(C)C(=O)NS(=O)(=O)Cc1ccccc1)C(C)C)C(C)(C)C)C(C)(C)c1ccccc1. The molecule has 492 valence electrons. The van der Waals surface area contributed by atoms with E-state index in [0.717, 1.165) is 18.4 Å². The Morgan fingerprint density at radius 3 is 1.36 bits per heavy atom. The zero-order valence-corrected chi connectivity index (χ0v) is 58.1. The highest BCUT2D eigenvalue weighted by atomic mass is 32.2. The van der Waals surface area contributed by atoms with Crippen LogP contribution in [0.1, 0.15) is 166 Å². The first-order chi connectivity index (χ1) is 40.6. The van der Waals surface area contributed by atoms with Crippen LogP contribution in [-0.4, -0.2) is 127 Å². The topological polar surface area (TPSA) is 249 Å².